The first-order chi connectivity index (χ1) is 11.8. The first-order valence-corrected chi connectivity index (χ1v) is 9.04. The number of fused-ring (bicyclic) bond motifs is 1. The lowest BCUT2D eigenvalue weighted by molar-refractivity contribution is 0.0644. The Hall–Kier alpha value is -2.01. The molecule has 3 heterocycles. The van der Waals surface area contributed by atoms with Gasteiger partial charge >= 0.3 is 0 Å². The highest BCUT2D eigenvalue weighted by molar-refractivity contribution is 5.94. The SMILES string of the molecule is CCN1CCC[C@@H]1[C@H]1CCCN1C(=O)c1cnc2ccccc2n1. The Kier molecular flexibility index (Phi) is 4.19. The molecule has 5 nitrogen and oxygen atoms in total. The summed E-state index contributed by atoms with van der Waals surface area (Å²) in [6, 6.07) is 8.54. The molecule has 4 rings (SSSR count). The Labute approximate surface area is 142 Å². The average Bonchev–Trinajstić information content (AvgIpc) is 3.28. The molecule has 1 aromatic carbocycles. The van der Waals surface area contributed by atoms with E-state index in [0.717, 1.165) is 43.5 Å². The van der Waals surface area contributed by atoms with Crippen LogP contribution in [0.4, 0.5) is 0 Å². The van der Waals surface area contributed by atoms with E-state index in [2.05, 4.69) is 26.7 Å². The molecule has 2 atom stereocenters. The van der Waals surface area contributed by atoms with Crippen LogP contribution in [0.25, 0.3) is 11.0 Å². The van der Waals surface area contributed by atoms with E-state index in [-0.39, 0.29) is 5.91 Å². The van der Waals surface area contributed by atoms with Gasteiger partial charge in [-0.3, -0.25) is 14.7 Å². The zero-order valence-electron chi connectivity index (χ0n) is 14.2. The molecule has 1 aromatic heterocycles. The number of nitrogens with zero attached hydrogens (tertiary/aromatic N) is 4. The highest BCUT2D eigenvalue weighted by atomic mass is 16.2. The molecule has 0 aliphatic carbocycles. The van der Waals surface area contributed by atoms with Crippen LogP contribution in [0, 0.1) is 0 Å². The molecule has 1 amide bonds. The van der Waals surface area contributed by atoms with Crippen molar-refractivity contribution in [2.45, 2.75) is 44.7 Å². The van der Waals surface area contributed by atoms with E-state index in [9.17, 15) is 4.79 Å². The maximum Gasteiger partial charge on any atom is 0.274 e. The summed E-state index contributed by atoms with van der Waals surface area (Å²) in [6.07, 6.45) is 6.27. The summed E-state index contributed by atoms with van der Waals surface area (Å²) < 4.78 is 0. The molecule has 2 aliphatic rings. The highest BCUT2D eigenvalue weighted by Crippen LogP contribution is 2.30. The number of benzene rings is 1. The van der Waals surface area contributed by atoms with Crippen LogP contribution >= 0.6 is 0 Å². The Bertz CT molecular complexity index is 747. The minimum absolute atomic E-state index is 0.0405. The molecule has 0 spiro atoms. The van der Waals surface area contributed by atoms with E-state index in [1.807, 2.05) is 24.3 Å². The monoisotopic (exact) mass is 324 g/mol. The second kappa shape index (κ2) is 6.48. The van der Waals surface area contributed by atoms with Gasteiger partial charge in [0.25, 0.3) is 5.91 Å². The van der Waals surface area contributed by atoms with Crippen LogP contribution in [0.3, 0.4) is 0 Å². The Morgan fingerprint density at radius 2 is 1.88 bits per heavy atom. The second-order valence-corrected chi connectivity index (χ2v) is 6.79. The largest absolute Gasteiger partial charge is 0.333 e. The Morgan fingerprint density at radius 3 is 2.71 bits per heavy atom. The number of hydrogen-bond acceptors (Lipinski definition) is 4. The van der Waals surface area contributed by atoms with Gasteiger partial charge in [0.2, 0.25) is 0 Å². The topological polar surface area (TPSA) is 49.3 Å². The van der Waals surface area contributed by atoms with E-state index in [0.29, 0.717) is 17.8 Å². The fourth-order valence-corrected chi connectivity index (χ4v) is 4.33. The molecular formula is C19H24N4O. The van der Waals surface area contributed by atoms with Crippen molar-refractivity contribution in [2.75, 3.05) is 19.6 Å². The lowest BCUT2D eigenvalue weighted by Gasteiger charge is -2.34. The number of rotatable bonds is 3. The van der Waals surface area contributed by atoms with Crippen molar-refractivity contribution in [2.24, 2.45) is 0 Å². The summed E-state index contributed by atoms with van der Waals surface area (Å²) in [7, 11) is 0. The third-order valence-corrected chi connectivity index (χ3v) is 5.49. The molecule has 0 radical (unpaired) electrons. The third kappa shape index (κ3) is 2.67. The number of likely N-dealkylation sites (tertiary alicyclic amines) is 2. The van der Waals surface area contributed by atoms with E-state index >= 15 is 0 Å². The zero-order chi connectivity index (χ0) is 16.5. The minimum atomic E-state index is 0.0405. The molecule has 2 aliphatic heterocycles. The molecule has 5 heteroatoms. The van der Waals surface area contributed by atoms with Gasteiger partial charge in [0.1, 0.15) is 5.69 Å². The molecule has 2 aromatic rings. The minimum Gasteiger partial charge on any atom is -0.333 e. The Balaban J connectivity index is 1.60. The molecule has 0 bridgehead atoms. The molecule has 0 unspecified atom stereocenters. The summed E-state index contributed by atoms with van der Waals surface area (Å²) in [6.45, 7) is 5.29. The number of amides is 1. The van der Waals surface area contributed by atoms with Crippen molar-refractivity contribution >= 4 is 16.9 Å². The van der Waals surface area contributed by atoms with Crippen LogP contribution in [0.5, 0.6) is 0 Å². The van der Waals surface area contributed by atoms with E-state index in [4.69, 9.17) is 0 Å². The zero-order valence-corrected chi connectivity index (χ0v) is 14.2. The first-order valence-electron chi connectivity index (χ1n) is 9.04. The summed E-state index contributed by atoms with van der Waals surface area (Å²) in [5, 5.41) is 0. The second-order valence-electron chi connectivity index (χ2n) is 6.79. The lowest BCUT2D eigenvalue weighted by atomic mass is 10.0. The average molecular weight is 324 g/mol. The smallest absolute Gasteiger partial charge is 0.274 e. The molecule has 0 N–H and O–H groups in total. The molecule has 24 heavy (non-hydrogen) atoms. The van der Waals surface area contributed by atoms with Gasteiger partial charge in [-0.1, -0.05) is 19.1 Å². The quantitative estimate of drug-likeness (QED) is 0.871. The molecule has 0 saturated carbocycles. The molecule has 2 fully saturated rings. The third-order valence-electron chi connectivity index (χ3n) is 5.49. The van der Waals surface area contributed by atoms with Gasteiger partial charge < -0.3 is 4.90 Å². The van der Waals surface area contributed by atoms with Crippen LogP contribution in [-0.4, -0.2) is 57.4 Å². The maximum absolute atomic E-state index is 13.1. The fourth-order valence-electron chi connectivity index (χ4n) is 4.33. The summed E-state index contributed by atoms with van der Waals surface area (Å²) in [5.74, 6) is 0.0405. The number of carbonyl (C=O) groups excluding carboxylic acids is 1. The lowest BCUT2D eigenvalue weighted by Crippen LogP contribution is -2.48. The van der Waals surface area contributed by atoms with Crippen LogP contribution in [0.2, 0.25) is 0 Å². The van der Waals surface area contributed by atoms with Gasteiger partial charge in [-0.15, -0.1) is 0 Å². The summed E-state index contributed by atoms with van der Waals surface area (Å²) >= 11 is 0. The van der Waals surface area contributed by atoms with Gasteiger partial charge in [0, 0.05) is 18.6 Å². The van der Waals surface area contributed by atoms with Crippen molar-refractivity contribution < 1.29 is 4.79 Å². The number of hydrogen-bond donors (Lipinski definition) is 0. The predicted octanol–water partition coefficient (Wildman–Crippen LogP) is 2.72. The van der Waals surface area contributed by atoms with Crippen molar-refractivity contribution in [3.8, 4) is 0 Å². The predicted molar refractivity (Wildman–Crippen MR) is 93.9 cm³/mol. The highest BCUT2D eigenvalue weighted by Gasteiger charge is 2.39. The maximum atomic E-state index is 13.1. The number of carbonyl (C=O) groups is 1. The number of aromatic nitrogens is 2. The van der Waals surface area contributed by atoms with E-state index in [1.54, 1.807) is 6.20 Å². The summed E-state index contributed by atoms with van der Waals surface area (Å²) in [4.78, 5) is 26.6. The normalized spacial score (nSPS) is 24.8. The first kappa shape index (κ1) is 15.5. The van der Waals surface area contributed by atoms with E-state index in [1.165, 1.54) is 12.8 Å². The van der Waals surface area contributed by atoms with Crippen LogP contribution < -0.4 is 0 Å². The van der Waals surface area contributed by atoms with Crippen molar-refractivity contribution in [1.82, 2.24) is 19.8 Å². The van der Waals surface area contributed by atoms with E-state index < -0.39 is 0 Å². The van der Waals surface area contributed by atoms with Gasteiger partial charge in [-0.05, 0) is 50.9 Å². The van der Waals surface area contributed by atoms with Crippen molar-refractivity contribution in [1.29, 1.82) is 0 Å². The fraction of sp³-hybridized carbons (Fsp3) is 0.526. The van der Waals surface area contributed by atoms with Gasteiger partial charge in [-0.2, -0.15) is 0 Å². The molecule has 126 valence electrons. The molecule has 2 saturated heterocycles. The summed E-state index contributed by atoms with van der Waals surface area (Å²) in [5.41, 5.74) is 2.09. The Morgan fingerprint density at radius 1 is 1.12 bits per heavy atom. The van der Waals surface area contributed by atoms with Crippen molar-refractivity contribution in [3.05, 3.63) is 36.2 Å². The van der Waals surface area contributed by atoms with Crippen LogP contribution in [0.1, 0.15) is 43.1 Å². The van der Waals surface area contributed by atoms with Gasteiger partial charge in [0.15, 0.2) is 0 Å². The number of likely N-dealkylation sites (N-methyl/N-ethyl adjacent to an activating group) is 1. The standard InChI is InChI=1S/C19H24N4O/c1-2-22-11-5-9-17(22)18-10-6-12-23(18)19(24)16-13-20-14-7-3-4-8-15(14)21-16/h3-4,7-8,13,17-18H,2,5-6,9-12H2,1H3/t17-,18-/m1/s1. The molecular weight excluding hydrogens is 300 g/mol. The van der Waals surface area contributed by atoms with Crippen LogP contribution in [0.15, 0.2) is 30.5 Å². The van der Waals surface area contributed by atoms with Gasteiger partial charge in [-0.25, -0.2) is 4.98 Å². The van der Waals surface area contributed by atoms with Gasteiger partial charge in [0.05, 0.1) is 17.2 Å². The van der Waals surface area contributed by atoms with Crippen molar-refractivity contribution in [3.63, 3.8) is 0 Å². The van der Waals surface area contributed by atoms with Crippen LogP contribution in [-0.2, 0) is 0 Å². The number of para-hydroxylation sites is 2.